The summed E-state index contributed by atoms with van der Waals surface area (Å²) < 4.78 is 5.63. The topological polar surface area (TPSA) is 35.2 Å². The number of hydrogen-bond donors (Lipinski definition) is 1. The average Bonchev–Trinajstić information content (AvgIpc) is 2.16. The summed E-state index contributed by atoms with van der Waals surface area (Å²) in [6.45, 7) is 4.99. The zero-order valence-electron chi connectivity index (χ0n) is 9.49. The molecule has 1 heterocycles. The van der Waals surface area contributed by atoms with Crippen molar-refractivity contribution in [1.29, 1.82) is 0 Å². The molecule has 1 aliphatic rings. The van der Waals surface area contributed by atoms with Crippen molar-refractivity contribution < 1.29 is 4.74 Å². The van der Waals surface area contributed by atoms with Gasteiger partial charge in [-0.1, -0.05) is 18.2 Å². The molecule has 1 atom stereocenters. The van der Waals surface area contributed by atoms with Crippen LogP contribution in [0.15, 0.2) is 24.3 Å². The van der Waals surface area contributed by atoms with Crippen molar-refractivity contribution in [3.63, 3.8) is 0 Å². The first-order chi connectivity index (χ1) is 7.06. The van der Waals surface area contributed by atoms with Crippen molar-refractivity contribution in [3.8, 4) is 5.75 Å². The van der Waals surface area contributed by atoms with Crippen LogP contribution in [0.3, 0.4) is 0 Å². The van der Waals surface area contributed by atoms with Crippen molar-refractivity contribution in [3.05, 3.63) is 29.8 Å². The Morgan fingerprint density at radius 1 is 1.40 bits per heavy atom. The molecular formula is C13H19NO. The van der Waals surface area contributed by atoms with E-state index in [1.54, 1.807) is 0 Å². The summed E-state index contributed by atoms with van der Waals surface area (Å²) in [5.41, 5.74) is 7.30. The minimum atomic E-state index is -0.102. The number of para-hydroxylation sites is 1. The van der Waals surface area contributed by atoms with E-state index in [0.717, 1.165) is 25.2 Å². The van der Waals surface area contributed by atoms with Gasteiger partial charge in [-0.25, -0.2) is 0 Å². The fourth-order valence-corrected chi connectivity index (χ4v) is 2.26. The second kappa shape index (κ2) is 3.86. The number of nitrogens with two attached hydrogens (primary N) is 1. The van der Waals surface area contributed by atoms with Gasteiger partial charge in [-0.05, 0) is 44.2 Å². The Hall–Kier alpha value is -1.02. The van der Waals surface area contributed by atoms with Gasteiger partial charge < -0.3 is 10.5 Å². The van der Waals surface area contributed by atoms with Crippen molar-refractivity contribution in [1.82, 2.24) is 0 Å². The fourth-order valence-electron chi connectivity index (χ4n) is 2.26. The first-order valence-electron chi connectivity index (χ1n) is 5.57. The molecule has 0 aromatic heterocycles. The van der Waals surface area contributed by atoms with Crippen LogP contribution in [0.1, 0.15) is 38.2 Å². The zero-order valence-corrected chi connectivity index (χ0v) is 9.49. The van der Waals surface area contributed by atoms with Gasteiger partial charge in [0.1, 0.15) is 5.75 Å². The minimum Gasteiger partial charge on any atom is -0.493 e. The molecule has 0 saturated carbocycles. The zero-order chi connectivity index (χ0) is 10.9. The van der Waals surface area contributed by atoms with E-state index in [1.165, 1.54) is 5.56 Å². The lowest BCUT2D eigenvalue weighted by molar-refractivity contribution is 0.250. The molecule has 1 aliphatic heterocycles. The van der Waals surface area contributed by atoms with Crippen LogP contribution in [-0.4, -0.2) is 12.1 Å². The smallest absolute Gasteiger partial charge is 0.122 e. The second-order valence-corrected chi connectivity index (χ2v) is 5.06. The van der Waals surface area contributed by atoms with Crippen LogP contribution in [0.25, 0.3) is 0 Å². The van der Waals surface area contributed by atoms with Gasteiger partial charge in [0.2, 0.25) is 0 Å². The standard InChI is InChI=1S/C13H19NO/c1-13(2,14)9-10-7-8-15-12-6-4-3-5-11(10)12/h3-6,10H,7-9,14H2,1-2H3. The lowest BCUT2D eigenvalue weighted by atomic mass is 9.83. The van der Waals surface area contributed by atoms with E-state index in [9.17, 15) is 0 Å². The highest BCUT2D eigenvalue weighted by Crippen LogP contribution is 2.37. The molecule has 2 N–H and O–H groups in total. The van der Waals surface area contributed by atoms with Crippen LogP contribution in [-0.2, 0) is 0 Å². The molecule has 0 spiro atoms. The van der Waals surface area contributed by atoms with Gasteiger partial charge in [-0.3, -0.25) is 0 Å². The molecule has 0 radical (unpaired) electrons. The molecule has 0 fully saturated rings. The van der Waals surface area contributed by atoms with Crippen LogP contribution in [0.4, 0.5) is 0 Å². The Labute approximate surface area is 91.4 Å². The maximum absolute atomic E-state index is 6.08. The number of ether oxygens (including phenoxy) is 1. The van der Waals surface area contributed by atoms with E-state index >= 15 is 0 Å². The van der Waals surface area contributed by atoms with Gasteiger partial charge in [0, 0.05) is 5.54 Å². The summed E-state index contributed by atoms with van der Waals surface area (Å²) in [4.78, 5) is 0. The number of rotatable bonds is 2. The van der Waals surface area contributed by atoms with Gasteiger partial charge in [0.05, 0.1) is 6.61 Å². The first-order valence-corrected chi connectivity index (χ1v) is 5.57. The van der Waals surface area contributed by atoms with Gasteiger partial charge in [0.25, 0.3) is 0 Å². The first kappa shape index (κ1) is 10.5. The SMILES string of the molecule is CC(C)(N)CC1CCOc2ccccc21. The lowest BCUT2D eigenvalue weighted by Crippen LogP contribution is -2.35. The molecule has 0 amide bonds. The van der Waals surface area contributed by atoms with Gasteiger partial charge in [-0.2, -0.15) is 0 Å². The molecule has 82 valence electrons. The van der Waals surface area contributed by atoms with Gasteiger partial charge in [0.15, 0.2) is 0 Å². The second-order valence-electron chi connectivity index (χ2n) is 5.06. The Morgan fingerprint density at radius 2 is 2.13 bits per heavy atom. The molecule has 2 nitrogen and oxygen atoms in total. The van der Waals surface area contributed by atoms with E-state index in [-0.39, 0.29) is 5.54 Å². The number of fused-ring (bicyclic) bond motifs is 1. The maximum atomic E-state index is 6.08. The summed E-state index contributed by atoms with van der Waals surface area (Å²) in [5.74, 6) is 1.59. The third kappa shape index (κ3) is 2.51. The normalized spacial score (nSPS) is 20.6. The van der Waals surface area contributed by atoms with Crippen molar-refractivity contribution in [2.45, 2.75) is 38.1 Å². The molecule has 0 saturated heterocycles. The van der Waals surface area contributed by atoms with Gasteiger partial charge in [-0.15, -0.1) is 0 Å². The average molecular weight is 205 g/mol. The largest absolute Gasteiger partial charge is 0.493 e. The van der Waals surface area contributed by atoms with E-state index in [1.807, 2.05) is 12.1 Å². The Morgan fingerprint density at radius 3 is 2.87 bits per heavy atom. The third-order valence-corrected chi connectivity index (χ3v) is 2.86. The summed E-state index contributed by atoms with van der Waals surface area (Å²) in [7, 11) is 0. The molecule has 1 aromatic rings. The minimum absolute atomic E-state index is 0.102. The van der Waals surface area contributed by atoms with Crippen molar-refractivity contribution >= 4 is 0 Å². The van der Waals surface area contributed by atoms with Crippen LogP contribution in [0, 0.1) is 0 Å². The predicted molar refractivity (Wildman–Crippen MR) is 62.2 cm³/mol. The van der Waals surface area contributed by atoms with Crippen LogP contribution >= 0.6 is 0 Å². The van der Waals surface area contributed by atoms with E-state index in [2.05, 4.69) is 26.0 Å². The van der Waals surface area contributed by atoms with Crippen molar-refractivity contribution in [2.75, 3.05) is 6.61 Å². The predicted octanol–water partition coefficient (Wildman–Crippen LogP) is 2.68. The highest BCUT2D eigenvalue weighted by Gasteiger charge is 2.25. The summed E-state index contributed by atoms with van der Waals surface area (Å²) in [6, 6.07) is 8.30. The number of hydrogen-bond acceptors (Lipinski definition) is 2. The van der Waals surface area contributed by atoms with E-state index in [0.29, 0.717) is 5.92 Å². The molecule has 2 heteroatoms. The molecule has 0 bridgehead atoms. The summed E-state index contributed by atoms with van der Waals surface area (Å²) in [6.07, 6.45) is 2.10. The highest BCUT2D eigenvalue weighted by atomic mass is 16.5. The maximum Gasteiger partial charge on any atom is 0.122 e. The molecular weight excluding hydrogens is 186 g/mol. The molecule has 2 rings (SSSR count). The molecule has 0 aliphatic carbocycles. The molecule has 1 unspecified atom stereocenters. The Balaban J connectivity index is 2.22. The van der Waals surface area contributed by atoms with Crippen molar-refractivity contribution in [2.24, 2.45) is 5.73 Å². The van der Waals surface area contributed by atoms with Gasteiger partial charge >= 0.3 is 0 Å². The Bertz CT molecular complexity index is 341. The summed E-state index contributed by atoms with van der Waals surface area (Å²) in [5, 5.41) is 0. The van der Waals surface area contributed by atoms with Crippen LogP contribution in [0.2, 0.25) is 0 Å². The monoisotopic (exact) mass is 205 g/mol. The van der Waals surface area contributed by atoms with Crippen LogP contribution < -0.4 is 10.5 Å². The number of benzene rings is 1. The lowest BCUT2D eigenvalue weighted by Gasteiger charge is -2.30. The molecule has 15 heavy (non-hydrogen) atoms. The van der Waals surface area contributed by atoms with E-state index < -0.39 is 0 Å². The fraction of sp³-hybridized carbons (Fsp3) is 0.538. The molecule has 1 aromatic carbocycles. The summed E-state index contributed by atoms with van der Waals surface area (Å²) >= 11 is 0. The van der Waals surface area contributed by atoms with E-state index in [4.69, 9.17) is 10.5 Å². The third-order valence-electron chi connectivity index (χ3n) is 2.86. The highest BCUT2D eigenvalue weighted by molar-refractivity contribution is 5.37. The van der Waals surface area contributed by atoms with Crippen LogP contribution in [0.5, 0.6) is 5.75 Å². The quantitative estimate of drug-likeness (QED) is 0.805. The Kier molecular flexibility index (Phi) is 2.70.